The Morgan fingerprint density at radius 3 is 2.23 bits per heavy atom. The first-order chi connectivity index (χ1) is 12.6. The average molecular weight is 352 g/mol. The zero-order chi connectivity index (χ0) is 18.9. The van der Waals surface area contributed by atoms with Crippen LogP contribution in [0.5, 0.6) is 0 Å². The molecule has 0 radical (unpaired) electrons. The summed E-state index contributed by atoms with van der Waals surface area (Å²) >= 11 is 0. The third kappa shape index (κ3) is 4.80. The second-order valence-corrected chi connectivity index (χ2v) is 5.30. The van der Waals surface area contributed by atoms with E-state index < -0.39 is 5.97 Å². The van der Waals surface area contributed by atoms with Crippen LogP contribution in [0.2, 0.25) is 0 Å². The van der Waals surface area contributed by atoms with Crippen LogP contribution in [-0.2, 0) is 4.74 Å². The molecule has 26 heavy (non-hydrogen) atoms. The van der Waals surface area contributed by atoms with E-state index in [0.29, 0.717) is 23.4 Å². The maximum absolute atomic E-state index is 12.4. The van der Waals surface area contributed by atoms with Crippen molar-refractivity contribution < 1.29 is 19.1 Å². The maximum atomic E-state index is 12.4. The number of hydrogen-bond donors (Lipinski definition) is 2. The Morgan fingerprint density at radius 1 is 1.00 bits per heavy atom. The van der Waals surface area contributed by atoms with Gasteiger partial charge in [0.1, 0.15) is 0 Å². The maximum Gasteiger partial charge on any atom is 0.340 e. The molecular weight excluding hydrogens is 332 g/mol. The highest BCUT2D eigenvalue weighted by Gasteiger charge is 2.15. The molecule has 0 bridgehead atoms. The molecule has 2 rings (SSSR count). The van der Waals surface area contributed by atoms with Gasteiger partial charge in [0.25, 0.3) is 11.8 Å². The highest BCUT2D eigenvalue weighted by Crippen LogP contribution is 2.17. The number of carbonyl (C=O) groups is 3. The van der Waals surface area contributed by atoms with Crippen LogP contribution in [0.15, 0.2) is 61.2 Å². The summed E-state index contributed by atoms with van der Waals surface area (Å²) in [4.78, 5) is 36.2. The molecule has 2 N–H and O–H groups in total. The van der Waals surface area contributed by atoms with Gasteiger partial charge in [-0.15, -0.1) is 6.58 Å². The molecule has 0 aliphatic rings. The van der Waals surface area contributed by atoms with Crippen LogP contribution in [0.4, 0.5) is 5.69 Å². The first-order valence-corrected chi connectivity index (χ1v) is 8.13. The standard InChI is InChI=1S/C20H20N2O4/c1-3-13-21-18(23)14-9-11-15(12-10-14)19(24)22-17-8-6-5-7-16(17)20(25)26-4-2/h3,5-12H,1,4,13H2,2H3,(H,21,23)(H,22,24). The van der Waals surface area contributed by atoms with Gasteiger partial charge in [-0.1, -0.05) is 18.2 Å². The quantitative estimate of drug-likeness (QED) is 0.592. The molecule has 0 spiro atoms. The van der Waals surface area contributed by atoms with Crippen LogP contribution in [-0.4, -0.2) is 30.9 Å². The van der Waals surface area contributed by atoms with Crippen molar-refractivity contribution >= 4 is 23.5 Å². The van der Waals surface area contributed by atoms with Gasteiger partial charge in [-0.25, -0.2) is 4.79 Å². The SMILES string of the molecule is C=CCNC(=O)c1ccc(C(=O)Nc2ccccc2C(=O)OCC)cc1. The molecule has 0 aliphatic carbocycles. The fourth-order valence-corrected chi connectivity index (χ4v) is 2.21. The van der Waals surface area contributed by atoms with Gasteiger partial charge in [-0.05, 0) is 43.3 Å². The second-order valence-electron chi connectivity index (χ2n) is 5.30. The molecule has 0 aliphatic heterocycles. The average Bonchev–Trinajstić information content (AvgIpc) is 2.66. The van der Waals surface area contributed by atoms with Gasteiger partial charge in [0.2, 0.25) is 0 Å². The summed E-state index contributed by atoms with van der Waals surface area (Å²) < 4.78 is 4.99. The van der Waals surface area contributed by atoms with Crippen molar-refractivity contribution in [3.8, 4) is 0 Å². The molecule has 2 aromatic rings. The number of esters is 1. The van der Waals surface area contributed by atoms with E-state index in [9.17, 15) is 14.4 Å². The van der Waals surface area contributed by atoms with E-state index in [2.05, 4.69) is 17.2 Å². The third-order valence-corrected chi connectivity index (χ3v) is 3.49. The lowest BCUT2D eigenvalue weighted by atomic mass is 10.1. The number of benzene rings is 2. The van der Waals surface area contributed by atoms with Gasteiger partial charge in [0.15, 0.2) is 0 Å². The van der Waals surface area contributed by atoms with E-state index in [0.717, 1.165) is 0 Å². The Kier molecular flexibility index (Phi) is 6.68. The highest BCUT2D eigenvalue weighted by molar-refractivity contribution is 6.08. The van der Waals surface area contributed by atoms with E-state index in [-0.39, 0.29) is 24.0 Å². The molecule has 2 aromatic carbocycles. The zero-order valence-corrected chi connectivity index (χ0v) is 14.5. The van der Waals surface area contributed by atoms with Crippen LogP contribution < -0.4 is 10.6 Å². The molecule has 2 amide bonds. The molecule has 6 heteroatoms. The fraction of sp³-hybridized carbons (Fsp3) is 0.150. The van der Waals surface area contributed by atoms with Crippen molar-refractivity contribution in [3.63, 3.8) is 0 Å². The predicted octanol–water partition coefficient (Wildman–Crippen LogP) is 3.03. The summed E-state index contributed by atoms with van der Waals surface area (Å²) in [6.07, 6.45) is 1.58. The minimum absolute atomic E-state index is 0.246. The van der Waals surface area contributed by atoms with Gasteiger partial charge in [0.05, 0.1) is 17.9 Å². The monoisotopic (exact) mass is 352 g/mol. The van der Waals surface area contributed by atoms with Crippen molar-refractivity contribution in [1.29, 1.82) is 0 Å². The molecule has 0 aromatic heterocycles. The summed E-state index contributed by atoms with van der Waals surface area (Å²) in [7, 11) is 0. The molecule has 0 saturated carbocycles. The van der Waals surface area contributed by atoms with E-state index in [1.807, 2.05) is 0 Å². The van der Waals surface area contributed by atoms with Crippen LogP contribution in [0.1, 0.15) is 38.0 Å². The second kappa shape index (κ2) is 9.17. The smallest absolute Gasteiger partial charge is 0.340 e. The van der Waals surface area contributed by atoms with Gasteiger partial charge in [-0.2, -0.15) is 0 Å². The molecular formula is C20H20N2O4. The lowest BCUT2D eigenvalue weighted by Crippen LogP contribution is -2.23. The first-order valence-electron chi connectivity index (χ1n) is 8.13. The first kappa shape index (κ1) is 18.9. The van der Waals surface area contributed by atoms with Crippen molar-refractivity contribution in [1.82, 2.24) is 5.32 Å². The topological polar surface area (TPSA) is 84.5 Å². The number of amides is 2. The number of carbonyl (C=O) groups excluding carboxylic acids is 3. The molecule has 0 fully saturated rings. The van der Waals surface area contributed by atoms with Gasteiger partial charge < -0.3 is 15.4 Å². The molecule has 6 nitrogen and oxygen atoms in total. The molecule has 0 saturated heterocycles. The summed E-state index contributed by atoms with van der Waals surface area (Å²) in [5, 5.41) is 5.36. The molecule has 0 heterocycles. The van der Waals surface area contributed by atoms with E-state index in [1.165, 1.54) is 0 Å². The molecule has 0 atom stereocenters. The normalized spacial score (nSPS) is 9.88. The summed E-state index contributed by atoms with van der Waals surface area (Å²) in [6.45, 7) is 5.86. The summed E-state index contributed by atoms with van der Waals surface area (Å²) in [6, 6.07) is 12.8. The van der Waals surface area contributed by atoms with Crippen LogP contribution in [0, 0.1) is 0 Å². The predicted molar refractivity (Wildman–Crippen MR) is 99.3 cm³/mol. The van der Waals surface area contributed by atoms with Crippen molar-refractivity contribution in [2.24, 2.45) is 0 Å². The van der Waals surface area contributed by atoms with Crippen LogP contribution in [0.3, 0.4) is 0 Å². The summed E-state index contributed by atoms with van der Waals surface area (Å²) in [5.41, 5.74) is 1.45. The van der Waals surface area contributed by atoms with E-state index in [4.69, 9.17) is 4.74 Å². The zero-order valence-electron chi connectivity index (χ0n) is 14.5. The van der Waals surface area contributed by atoms with Crippen LogP contribution in [0.25, 0.3) is 0 Å². The van der Waals surface area contributed by atoms with Crippen molar-refractivity contribution in [3.05, 3.63) is 77.9 Å². The van der Waals surface area contributed by atoms with Crippen molar-refractivity contribution in [2.75, 3.05) is 18.5 Å². The van der Waals surface area contributed by atoms with E-state index >= 15 is 0 Å². The third-order valence-electron chi connectivity index (χ3n) is 3.49. The Hall–Kier alpha value is -3.41. The largest absolute Gasteiger partial charge is 0.462 e. The number of rotatable bonds is 7. The van der Waals surface area contributed by atoms with Crippen molar-refractivity contribution in [2.45, 2.75) is 6.92 Å². The minimum atomic E-state index is -0.502. The summed E-state index contributed by atoms with van der Waals surface area (Å²) in [5.74, 6) is -1.14. The van der Waals surface area contributed by atoms with Gasteiger partial charge in [0, 0.05) is 17.7 Å². The number of ether oxygens (including phenoxy) is 1. The van der Waals surface area contributed by atoms with Gasteiger partial charge >= 0.3 is 5.97 Å². The van der Waals surface area contributed by atoms with E-state index in [1.54, 1.807) is 61.5 Å². The Bertz CT molecular complexity index is 813. The number of para-hydroxylation sites is 1. The van der Waals surface area contributed by atoms with Crippen LogP contribution >= 0.6 is 0 Å². The number of nitrogens with one attached hydrogen (secondary N) is 2. The fourth-order valence-electron chi connectivity index (χ4n) is 2.21. The lowest BCUT2D eigenvalue weighted by molar-refractivity contribution is 0.0527. The molecule has 0 unspecified atom stereocenters. The Morgan fingerprint density at radius 2 is 1.62 bits per heavy atom. The lowest BCUT2D eigenvalue weighted by Gasteiger charge is -2.10. The minimum Gasteiger partial charge on any atom is -0.462 e. The Balaban J connectivity index is 2.12. The Labute approximate surface area is 151 Å². The molecule has 134 valence electrons. The highest BCUT2D eigenvalue weighted by atomic mass is 16.5. The number of hydrogen-bond acceptors (Lipinski definition) is 4. The van der Waals surface area contributed by atoms with Gasteiger partial charge in [-0.3, -0.25) is 9.59 Å². The number of anilines is 1.